The molecule has 0 radical (unpaired) electrons. The zero-order valence-electron chi connectivity index (χ0n) is 26.7. The molecule has 6 nitrogen and oxygen atoms in total. The Balaban J connectivity index is 1.00. The maximum absolute atomic E-state index is 13.7. The van der Waals surface area contributed by atoms with Gasteiger partial charge < -0.3 is 24.3 Å². The molecule has 5 aliphatic carbocycles. The van der Waals surface area contributed by atoms with Gasteiger partial charge in [-0.2, -0.15) is 0 Å². The number of carbonyl (C=O) groups excluding carboxylic acids is 1. The van der Waals surface area contributed by atoms with Crippen LogP contribution in [0.4, 0.5) is 0 Å². The maximum Gasteiger partial charge on any atom is 0.168 e. The topological polar surface area (TPSA) is 66.0 Å². The fourth-order valence-electron chi connectivity index (χ4n) is 11.1. The molecule has 238 valence electrons. The standard InChI is InChI=1S/C37H55NO5/c1-35-17-18-37(42-21-22-43-37)24-27(35)11-12-30-31(35)15-16-36(32(30)13-14-34(36)39)19-20-41-29-10-6-7-26(23-29)33(25-40-2)38-28-8-4-3-5-9-28/h6-7,10,23,27-28,30-33,38H,3-5,8-9,11-22,24-25H2,1-2H3/t27?,30?,31?,32?,33?,35-,36+/m0/s1. The van der Waals surface area contributed by atoms with Crippen molar-refractivity contribution in [3.63, 3.8) is 0 Å². The predicted octanol–water partition coefficient (Wildman–Crippen LogP) is 7.40. The molecule has 7 rings (SSSR count). The van der Waals surface area contributed by atoms with Crippen LogP contribution in [-0.2, 0) is 19.0 Å². The molecule has 5 saturated carbocycles. The Labute approximate surface area is 259 Å². The Bertz CT molecular complexity index is 1130. The van der Waals surface area contributed by atoms with Gasteiger partial charge in [-0.1, -0.05) is 38.3 Å². The van der Waals surface area contributed by atoms with Crippen LogP contribution in [0.3, 0.4) is 0 Å². The first-order valence-corrected chi connectivity index (χ1v) is 17.7. The fourth-order valence-corrected chi connectivity index (χ4v) is 11.1. The minimum absolute atomic E-state index is 0.171. The van der Waals surface area contributed by atoms with E-state index in [9.17, 15) is 4.79 Å². The average molecular weight is 594 g/mol. The predicted molar refractivity (Wildman–Crippen MR) is 167 cm³/mol. The van der Waals surface area contributed by atoms with E-state index in [0.29, 0.717) is 48.2 Å². The zero-order valence-corrected chi connectivity index (χ0v) is 26.7. The Morgan fingerprint density at radius 3 is 2.63 bits per heavy atom. The van der Waals surface area contributed by atoms with Crippen LogP contribution in [0.15, 0.2) is 24.3 Å². The molecule has 1 saturated heterocycles. The summed E-state index contributed by atoms with van der Waals surface area (Å²) >= 11 is 0. The van der Waals surface area contributed by atoms with Crippen LogP contribution < -0.4 is 10.1 Å². The normalized spacial score (nSPS) is 38.0. The number of Topliss-reactive ketones (excluding diaryl/α,β-unsaturated/α-hetero) is 1. The van der Waals surface area contributed by atoms with Gasteiger partial charge >= 0.3 is 0 Å². The molecule has 1 aromatic carbocycles. The van der Waals surface area contributed by atoms with E-state index in [0.717, 1.165) is 63.4 Å². The van der Waals surface area contributed by atoms with Crippen molar-refractivity contribution in [1.82, 2.24) is 5.32 Å². The van der Waals surface area contributed by atoms with Gasteiger partial charge in [-0.05, 0) is 105 Å². The van der Waals surface area contributed by atoms with E-state index < -0.39 is 0 Å². The van der Waals surface area contributed by atoms with Crippen molar-refractivity contribution in [2.24, 2.45) is 34.5 Å². The van der Waals surface area contributed by atoms with E-state index in [1.54, 1.807) is 7.11 Å². The lowest BCUT2D eigenvalue weighted by molar-refractivity contribution is -0.229. The fraction of sp³-hybridized carbons (Fsp3) is 0.811. The molecule has 6 heteroatoms. The Morgan fingerprint density at radius 2 is 1.81 bits per heavy atom. The van der Waals surface area contributed by atoms with Crippen LogP contribution in [0.25, 0.3) is 0 Å². The third-order valence-corrected chi connectivity index (χ3v) is 13.4. The summed E-state index contributed by atoms with van der Waals surface area (Å²) in [6.07, 6.45) is 17.2. The molecule has 1 aromatic rings. The highest BCUT2D eigenvalue weighted by Crippen LogP contribution is 2.67. The van der Waals surface area contributed by atoms with Crippen LogP contribution in [-0.4, -0.2) is 51.1 Å². The summed E-state index contributed by atoms with van der Waals surface area (Å²) in [6.45, 7) is 5.35. The molecular formula is C37H55NO5. The van der Waals surface area contributed by atoms with Gasteiger partial charge in [0.25, 0.3) is 0 Å². The molecule has 1 heterocycles. The highest BCUT2D eigenvalue weighted by molar-refractivity contribution is 5.87. The first-order valence-electron chi connectivity index (χ1n) is 17.7. The molecule has 1 aliphatic heterocycles. The van der Waals surface area contributed by atoms with E-state index in [4.69, 9.17) is 18.9 Å². The average Bonchev–Trinajstić information content (AvgIpc) is 3.62. The summed E-state index contributed by atoms with van der Waals surface area (Å²) in [5.41, 5.74) is 1.39. The molecule has 5 unspecified atom stereocenters. The molecule has 0 aromatic heterocycles. The third kappa shape index (κ3) is 5.61. The van der Waals surface area contributed by atoms with Crippen molar-refractivity contribution in [3.05, 3.63) is 29.8 Å². The molecule has 6 fully saturated rings. The lowest BCUT2D eigenvalue weighted by Crippen LogP contribution is -2.56. The number of rotatable bonds is 9. The molecule has 1 N–H and O–H groups in total. The molecule has 0 amide bonds. The number of carbonyl (C=O) groups is 1. The summed E-state index contributed by atoms with van der Waals surface area (Å²) in [7, 11) is 1.79. The minimum atomic E-state index is -0.303. The van der Waals surface area contributed by atoms with E-state index >= 15 is 0 Å². The zero-order chi connectivity index (χ0) is 29.5. The number of ether oxygens (including phenoxy) is 4. The molecule has 7 atom stereocenters. The molecule has 1 spiro atoms. The first-order chi connectivity index (χ1) is 20.9. The number of fused-ring (bicyclic) bond motifs is 5. The quantitative estimate of drug-likeness (QED) is 0.322. The Morgan fingerprint density at radius 1 is 0.977 bits per heavy atom. The van der Waals surface area contributed by atoms with Gasteiger partial charge in [0.15, 0.2) is 5.79 Å². The van der Waals surface area contributed by atoms with E-state index in [1.165, 1.54) is 63.4 Å². The van der Waals surface area contributed by atoms with Crippen molar-refractivity contribution >= 4 is 5.78 Å². The van der Waals surface area contributed by atoms with Gasteiger partial charge in [0, 0.05) is 37.8 Å². The monoisotopic (exact) mass is 593 g/mol. The molecular weight excluding hydrogens is 538 g/mol. The van der Waals surface area contributed by atoms with Crippen molar-refractivity contribution < 1.29 is 23.7 Å². The van der Waals surface area contributed by atoms with Crippen LogP contribution in [0.2, 0.25) is 0 Å². The van der Waals surface area contributed by atoms with Gasteiger partial charge in [0.2, 0.25) is 0 Å². The second kappa shape index (κ2) is 12.4. The van der Waals surface area contributed by atoms with Gasteiger partial charge in [0.1, 0.15) is 11.5 Å². The molecule has 6 aliphatic rings. The number of nitrogens with one attached hydrogen (secondary N) is 1. The lowest BCUT2D eigenvalue weighted by Gasteiger charge is -2.61. The summed E-state index contributed by atoms with van der Waals surface area (Å²) in [5.74, 6) is 3.72. The van der Waals surface area contributed by atoms with Crippen molar-refractivity contribution in [2.75, 3.05) is 33.5 Å². The second-order valence-electron chi connectivity index (χ2n) is 15.3. The van der Waals surface area contributed by atoms with Crippen LogP contribution in [0.5, 0.6) is 5.75 Å². The summed E-state index contributed by atoms with van der Waals surface area (Å²) < 4.78 is 24.4. The van der Waals surface area contributed by atoms with Crippen molar-refractivity contribution in [2.45, 2.75) is 121 Å². The minimum Gasteiger partial charge on any atom is -0.494 e. The second-order valence-corrected chi connectivity index (χ2v) is 15.3. The number of hydrogen-bond donors (Lipinski definition) is 1. The smallest absolute Gasteiger partial charge is 0.168 e. The van der Waals surface area contributed by atoms with E-state index in [-0.39, 0.29) is 17.2 Å². The SMILES string of the molecule is COCC(NC1CCCCC1)c1cccc(OCC[C@]23CCC4C(CCC5CC6(CC[C@@]54C)OCCO6)C2CCC3=O)c1. The largest absolute Gasteiger partial charge is 0.494 e. The maximum atomic E-state index is 13.7. The summed E-state index contributed by atoms with van der Waals surface area (Å²) in [5, 5.41) is 3.87. The molecule has 0 bridgehead atoms. The number of methoxy groups -OCH3 is 1. The van der Waals surface area contributed by atoms with Crippen LogP contribution in [0.1, 0.15) is 115 Å². The third-order valence-electron chi connectivity index (χ3n) is 13.4. The highest BCUT2D eigenvalue weighted by atomic mass is 16.7. The van der Waals surface area contributed by atoms with Gasteiger partial charge in [0.05, 0.1) is 32.5 Å². The number of hydrogen-bond acceptors (Lipinski definition) is 6. The number of benzene rings is 1. The highest BCUT2D eigenvalue weighted by Gasteiger charge is 2.63. The molecule has 43 heavy (non-hydrogen) atoms. The first kappa shape index (κ1) is 30.2. The van der Waals surface area contributed by atoms with Crippen molar-refractivity contribution in [1.29, 1.82) is 0 Å². The van der Waals surface area contributed by atoms with E-state index in [2.05, 4.69) is 36.5 Å². The van der Waals surface area contributed by atoms with Gasteiger partial charge in [-0.15, -0.1) is 0 Å². The van der Waals surface area contributed by atoms with Gasteiger partial charge in [-0.3, -0.25) is 4.79 Å². The van der Waals surface area contributed by atoms with Gasteiger partial charge in [-0.25, -0.2) is 0 Å². The lowest BCUT2D eigenvalue weighted by atomic mass is 9.44. The van der Waals surface area contributed by atoms with E-state index in [1.807, 2.05) is 0 Å². The van der Waals surface area contributed by atoms with Crippen LogP contribution in [0, 0.1) is 34.5 Å². The number of ketones is 1. The summed E-state index contributed by atoms with van der Waals surface area (Å²) in [6, 6.07) is 9.30. The Hall–Kier alpha value is -1.47. The summed E-state index contributed by atoms with van der Waals surface area (Å²) in [4.78, 5) is 13.7. The van der Waals surface area contributed by atoms with Crippen LogP contribution >= 0.6 is 0 Å². The Kier molecular flexibility index (Phi) is 8.69. The van der Waals surface area contributed by atoms with Crippen molar-refractivity contribution in [3.8, 4) is 5.75 Å².